The Bertz CT molecular complexity index is 635. The molecule has 0 heterocycles. The van der Waals surface area contributed by atoms with Crippen LogP contribution >= 0.6 is 0 Å². The number of rotatable bonds is 8. The summed E-state index contributed by atoms with van der Waals surface area (Å²) < 4.78 is 11.0. The maximum absolute atomic E-state index is 6.04. The standard InChI is InChI=1S/C21H29NO2/c1-5-24-20-11-6-16(13-21(20)23-4)12-19(14-22)18-9-7-17(8-10-18)15(2)3/h6-11,13,15,19H,5,12,14,22H2,1-4H3. The van der Waals surface area contributed by atoms with Crippen LogP contribution in [0.1, 0.15) is 49.3 Å². The molecule has 0 radical (unpaired) electrons. The summed E-state index contributed by atoms with van der Waals surface area (Å²) in [6, 6.07) is 15.0. The Morgan fingerprint density at radius 3 is 2.17 bits per heavy atom. The van der Waals surface area contributed by atoms with Crippen LogP contribution in [-0.2, 0) is 6.42 Å². The molecule has 130 valence electrons. The maximum Gasteiger partial charge on any atom is 0.161 e. The number of ether oxygens (including phenoxy) is 2. The van der Waals surface area contributed by atoms with Gasteiger partial charge in [-0.3, -0.25) is 0 Å². The lowest BCUT2D eigenvalue weighted by atomic mass is 9.90. The van der Waals surface area contributed by atoms with Crippen LogP contribution in [0.2, 0.25) is 0 Å². The van der Waals surface area contributed by atoms with Crippen LogP contribution in [0.25, 0.3) is 0 Å². The van der Waals surface area contributed by atoms with Crippen LogP contribution in [0.15, 0.2) is 42.5 Å². The minimum absolute atomic E-state index is 0.300. The van der Waals surface area contributed by atoms with Crippen molar-refractivity contribution in [1.82, 2.24) is 0 Å². The van der Waals surface area contributed by atoms with E-state index >= 15 is 0 Å². The van der Waals surface area contributed by atoms with Crippen molar-refractivity contribution >= 4 is 0 Å². The molecule has 24 heavy (non-hydrogen) atoms. The smallest absolute Gasteiger partial charge is 0.161 e. The zero-order valence-corrected chi connectivity index (χ0v) is 15.2. The Kier molecular flexibility index (Phi) is 6.68. The summed E-state index contributed by atoms with van der Waals surface area (Å²) in [5.74, 6) is 2.41. The lowest BCUT2D eigenvalue weighted by molar-refractivity contribution is 0.310. The fourth-order valence-corrected chi connectivity index (χ4v) is 2.89. The molecule has 0 aromatic heterocycles. The van der Waals surface area contributed by atoms with E-state index in [0.717, 1.165) is 17.9 Å². The number of benzene rings is 2. The van der Waals surface area contributed by atoms with E-state index in [4.69, 9.17) is 15.2 Å². The summed E-state index contributed by atoms with van der Waals surface area (Å²) >= 11 is 0. The van der Waals surface area contributed by atoms with E-state index in [2.05, 4.69) is 50.2 Å². The average Bonchev–Trinajstić information content (AvgIpc) is 2.61. The van der Waals surface area contributed by atoms with Crippen molar-refractivity contribution in [1.29, 1.82) is 0 Å². The third-order valence-electron chi connectivity index (χ3n) is 4.37. The van der Waals surface area contributed by atoms with Crippen molar-refractivity contribution in [3.05, 3.63) is 59.2 Å². The maximum atomic E-state index is 6.04. The molecule has 3 heteroatoms. The molecule has 0 aliphatic heterocycles. The largest absolute Gasteiger partial charge is 0.493 e. The van der Waals surface area contributed by atoms with E-state index in [1.165, 1.54) is 16.7 Å². The molecule has 1 unspecified atom stereocenters. The lowest BCUT2D eigenvalue weighted by Crippen LogP contribution is -2.15. The Morgan fingerprint density at radius 1 is 0.958 bits per heavy atom. The van der Waals surface area contributed by atoms with E-state index in [0.29, 0.717) is 25.0 Å². The predicted molar refractivity (Wildman–Crippen MR) is 100 cm³/mol. The van der Waals surface area contributed by atoms with E-state index in [9.17, 15) is 0 Å². The quantitative estimate of drug-likeness (QED) is 0.776. The van der Waals surface area contributed by atoms with Crippen molar-refractivity contribution in [3.8, 4) is 11.5 Å². The van der Waals surface area contributed by atoms with Crippen molar-refractivity contribution < 1.29 is 9.47 Å². The number of methoxy groups -OCH3 is 1. The van der Waals surface area contributed by atoms with E-state index in [-0.39, 0.29) is 0 Å². The number of hydrogen-bond acceptors (Lipinski definition) is 3. The molecule has 2 N–H and O–H groups in total. The Balaban J connectivity index is 2.17. The van der Waals surface area contributed by atoms with Gasteiger partial charge in [-0.15, -0.1) is 0 Å². The lowest BCUT2D eigenvalue weighted by Gasteiger charge is -2.18. The fraction of sp³-hybridized carbons (Fsp3) is 0.429. The van der Waals surface area contributed by atoms with E-state index in [1.54, 1.807) is 7.11 Å². The van der Waals surface area contributed by atoms with Gasteiger partial charge in [0.15, 0.2) is 11.5 Å². The van der Waals surface area contributed by atoms with Crippen molar-refractivity contribution in [2.75, 3.05) is 20.3 Å². The normalized spacial score (nSPS) is 12.2. The molecule has 2 rings (SSSR count). The second-order valence-corrected chi connectivity index (χ2v) is 6.38. The Morgan fingerprint density at radius 2 is 1.62 bits per heavy atom. The molecular weight excluding hydrogens is 298 g/mol. The first kappa shape index (κ1) is 18.3. The molecule has 0 amide bonds. The first-order valence-electron chi connectivity index (χ1n) is 8.68. The minimum atomic E-state index is 0.300. The molecule has 2 aromatic rings. The Hall–Kier alpha value is -2.00. The molecule has 0 aliphatic rings. The number of hydrogen-bond donors (Lipinski definition) is 1. The molecule has 2 aromatic carbocycles. The second kappa shape index (κ2) is 8.74. The molecule has 1 atom stereocenters. The average molecular weight is 327 g/mol. The first-order chi connectivity index (χ1) is 11.6. The summed E-state index contributed by atoms with van der Waals surface area (Å²) in [4.78, 5) is 0. The van der Waals surface area contributed by atoms with Crippen LogP contribution in [0, 0.1) is 0 Å². The van der Waals surface area contributed by atoms with Gasteiger partial charge in [0.2, 0.25) is 0 Å². The van der Waals surface area contributed by atoms with Gasteiger partial charge < -0.3 is 15.2 Å². The van der Waals surface area contributed by atoms with Crippen LogP contribution in [0.4, 0.5) is 0 Å². The summed E-state index contributed by atoms with van der Waals surface area (Å²) in [6.45, 7) is 7.64. The summed E-state index contributed by atoms with van der Waals surface area (Å²) in [5.41, 5.74) is 9.90. The highest BCUT2D eigenvalue weighted by Gasteiger charge is 2.13. The molecule has 0 aliphatic carbocycles. The SMILES string of the molecule is CCOc1ccc(CC(CN)c2ccc(C(C)C)cc2)cc1OC. The van der Waals surface area contributed by atoms with Crippen LogP contribution in [-0.4, -0.2) is 20.3 Å². The number of nitrogens with two attached hydrogens (primary N) is 1. The Labute approximate surface area is 145 Å². The highest BCUT2D eigenvalue weighted by atomic mass is 16.5. The van der Waals surface area contributed by atoms with Gasteiger partial charge in [0.05, 0.1) is 13.7 Å². The van der Waals surface area contributed by atoms with E-state index < -0.39 is 0 Å². The predicted octanol–water partition coefficient (Wildman–Crippen LogP) is 4.50. The molecule has 0 saturated carbocycles. The third kappa shape index (κ3) is 4.51. The van der Waals surface area contributed by atoms with Gasteiger partial charge in [0.1, 0.15) is 0 Å². The van der Waals surface area contributed by atoms with Crippen molar-refractivity contribution in [2.45, 2.75) is 39.0 Å². The highest BCUT2D eigenvalue weighted by Crippen LogP contribution is 2.30. The van der Waals surface area contributed by atoms with Crippen LogP contribution < -0.4 is 15.2 Å². The molecular formula is C21H29NO2. The van der Waals surface area contributed by atoms with Gasteiger partial charge in [0, 0.05) is 5.92 Å². The molecule has 3 nitrogen and oxygen atoms in total. The van der Waals surface area contributed by atoms with Gasteiger partial charge in [-0.2, -0.15) is 0 Å². The van der Waals surface area contributed by atoms with Gasteiger partial charge in [-0.05, 0) is 54.6 Å². The van der Waals surface area contributed by atoms with Crippen molar-refractivity contribution in [2.24, 2.45) is 5.73 Å². The second-order valence-electron chi connectivity index (χ2n) is 6.38. The topological polar surface area (TPSA) is 44.5 Å². The zero-order valence-electron chi connectivity index (χ0n) is 15.2. The van der Waals surface area contributed by atoms with Crippen LogP contribution in [0.5, 0.6) is 11.5 Å². The van der Waals surface area contributed by atoms with Gasteiger partial charge in [-0.1, -0.05) is 44.2 Å². The molecule has 0 bridgehead atoms. The molecule has 0 spiro atoms. The highest BCUT2D eigenvalue weighted by molar-refractivity contribution is 5.43. The van der Waals surface area contributed by atoms with Crippen molar-refractivity contribution in [3.63, 3.8) is 0 Å². The zero-order chi connectivity index (χ0) is 17.5. The minimum Gasteiger partial charge on any atom is -0.493 e. The fourth-order valence-electron chi connectivity index (χ4n) is 2.89. The van der Waals surface area contributed by atoms with Gasteiger partial charge in [-0.25, -0.2) is 0 Å². The van der Waals surface area contributed by atoms with E-state index in [1.807, 2.05) is 13.0 Å². The summed E-state index contributed by atoms with van der Waals surface area (Å²) in [7, 11) is 1.67. The van der Waals surface area contributed by atoms with Crippen LogP contribution in [0.3, 0.4) is 0 Å². The van der Waals surface area contributed by atoms with Gasteiger partial charge in [0.25, 0.3) is 0 Å². The molecule has 0 fully saturated rings. The van der Waals surface area contributed by atoms with Gasteiger partial charge >= 0.3 is 0 Å². The first-order valence-corrected chi connectivity index (χ1v) is 8.68. The molecule has 0 saturated heterocycles. The summed E-state index contributed by atoms with van der Waals surface area (Å²) in [5, 5.41) is 0. The summed E-state index contributed by atoms with van der Waals surface area (Å²) in [6.07, 6.45) is 0.889. The monoisotopic (exact) mass is 327 g/mol. The third-order valence-corrected chi connectivity index (χ3v) is 4.37.